The molecule has 0 saturated carbocycles. The summed E-state index contributed by atoms with van der Waals surface area (Å²) in [4.78, 5) is 15.7. The topological polar surface area (TPSA) is 73.6 Å². The largest absolute Gasteiger partial charge is 0.485 e. The number of halogens is 3. The van der Waals surface area contributed by atoms with E-state index in [2.05, 4.69) is 10.3 Å². The minimum Gasteiger partial charge on any atom is -0.485 e. The average molecular weight is 364 g/mol. The Bertz CT molecular complexity index is 984. The molecule has 1 N–H and O–H groups in total. The van der Waals surface area contributed by atoms with Crippen LogP contribution in [0.5, 0.6) is 11.5 Å². The van der Waals surface area contributed by atoms with Gasteiger partial charge in [-0.25, -0.2) is 4.98 Å². The fraction of sp³-hybridized carbons (Fsp3) is 0.176. The smallest absolute Gasteiger partial charge is 0.468 e. The highest BCUT2D eigenvalue weighted by Gasteiger charge is 2.37. The summed E-state index contributed by atoms with van der Waals surface area (Å²) in [5.74, 6) is -0.843. The molecule has 0 aliphatic carbocycles. The Morgan fingerprint density at radius 1 is 1.15 bits per heavy atom. The molecule has 3 aromatic rings. The molecule has 1 atom stereocenters. The molecule has 9 heteroatoms. The van der Waals surface area contributed by atoms with Gasteiger partial charge in [0.05, 0.1) is 0 Å². The van der Waals surface area contributed by atoms with E-state index in [1.54, 1.807) is 24.3 Å². The van der Waals surface area contributed by atoms with Gasteiger partial charge in [0.1, 0.15) is 12.1 Å². The lowest BCUT2D eigenvalue weighted by Gasteiger charge is -2.25. The van der Waals surface area contributed by atoms with E-state index in [4.69, 9.17) is 13.9 Å². The Kier molecular flexibility index (Phi) is 3.71. The van der Waals surface area contributed by atoms with Gasteiger partial charge in [-0.15, -0.1) is 0 Å². The molecule has 1 aromatic heterocycles. The number of nitrogens with one attached hydrogen (secondary N) is 1. The predicted octanol–water partition coefficient (Wildman–Crippen LogP) is 3.63. The van der Waals surface area contributed by atoms with Crippen molar-refractivity contribution in [1.82, 2.24) is 4.98 Å². The first-order valence-corrected chi connectivity index (χ1v) is 7.57. The third-order valence-corrected chi connectivity index (χ3v) is 3.70. The van der Waals surface area contributed by atoms with E-state index < -0.39 is 24.1 Å². The molecule has 1 amide bonds. The van der Waals surface area contributed by atoms with Gasteiger partial charge < -0.3 is 19.2 Å². The molecule has 1 aliphatic rings. The lowest BCUT2D eigenvalue weighted by molar-refractivity contribution is -0.156. The average Bonchev–Trinajstić information content (AvgIpc) is 3.05. The summed E-state index contributed by atoms with van der Waals surface area (Å²) < 4.78 is 53.7. The second-order valence-electron chi connectivity index (χ2n) is 5.55. The summed E-state index contributed by atoms with van der Waals surface area (Å²) in [7, 11) is 0. The van der Waals surface area contributed by atoms with Gasteiger partial charge in [0.15, 0.2) is 17.1 Å². The number of nitrogens with zero attached hydrogens (tertiary/aromatic N) is 1. The number of hydrogen-bond acceptors (Lipinski definition) is 5. The Balaban J connectivity index is 1.51. The quantitative estimate of drug-likeness (QED) is 0.752. The van der Waals surface area contributed by atoms with Gasteiger partial charge >= 0.3 is 12.1 Å². The van der Waals surface area contributed by atoms with Crippen molar-refractivity contribution in [2.45, 2.75) is 12.3 Å². The van der Waals surface area contributed by atoms with Crippen LogP contribution in [-0.4, -0.2) is 23.6 Å². The van der Waals surface area contributed by atoms with Crippen LogP contribution in [0.2, 0.25) is 0 Å². The van der Waals surface area contributed by atoms with Crippen LogP contribution in [0.1, 0.15) is 5.89 Å². The van der Waals surface area contributed by atoms with Gasteiger partial charge in [0.25, 0.3) is 5.91 Å². The van der Waals surface area contributed by atoms with Gasteiger partial charge in [-0.05, 0) is 24.3 Å². The maximum Gasteiger partial charge on any atom is 0.468 e. The van der Waals surface area contributed by atoms with Crippen LogP contribution in [0.3, 0.4) is 0 Å². The minimum atomic E-state index is -4.68. The van der Waals surface area contributed by atoms with Crippen LogP contribution in [-0.2, 0) is 11.0 Å². The van der Waals surface area contributed by atoms with Crippen molar-refractivity contribution in [2.75, 3.05) is 11.9 Å². The van der Waals surface area contributed by atoms with Crippen LogP contribution < -0.4 is 14.8 Å². The molecule has 1 aliphatic heterocycles. The van der Waals surface area contributed by atoms with E-state index in [0.29, 0.717) is 11.5 Å². The fourth-order valence-electron chi connectivity index (χ4n) is 2.50. The Labute approximate surface area is 144 Å². The Hall–Kier alpha value is -3.23. The zero-order valence-electron chi connectivity index (χ0n) is 13.0. The van der Waals surface area contributed by atoms with E-state index in [1.165, 1.54) is 18.2 Å². The molecule has 0 spiro atoms. The number of rotatable bonds is 2. The van der Waals surface area contributed by atoms with E-state index in [0.717, 1.165) is 0 Å². The number of benzene rings is 2. The molecular weight excluding hydrogens is 353 g/mol. The number of ether oxygens (including phenoxy) is 2. The number of oxazole rings is 1. The molecule has 0 radical (unpaired) electrons. The van der Waals surface area contributed by atoms with E-state index in [9.17, 15) is 18.0 Å². The normalized spacial score (nSPS) is 16.5. The van der Waals surface area contributed by atoms with Crippen LogP contribution in [0.15, 0.2) is 46.9 Å². The van der Waals surface area contributed by atoms with Gasteiger partial charge in [0.2, 0.25) is 6.10 Å². The highest BCUT2D eigenvalue weighted by Crippen LogP contribution is 2.33. The molecule has 0 bridgehead atoms. The summed E-state index contributed by atoms with van der Waals surface area (Å²) >= 11 is 0. The highest BCUT2D eigenvalue weighted by molar-refractivity contribution is 5.96. The number of carbonyl (C=O) groups excluding carboxylic acids is 1. The predicted molar refractivity (Wildman–Crippen MR) is 84.0 cm³/mol. The summed E-state index contributed by atoms with van der Waals surface area (Å²) in [6.07, 6.45) is -5.57. The molecule has 6 nitrogen and oxygen atoms in total. The van der Waals surface area contributed by atoms with Crippen molar-refractivity contribution in [3.8, 4) is 11.5 Å². The van der Waals surface area contributed by atoms with Crippen LogP contribution in [0.25, 0.3) is 11.1 Å². The molecule has 0 saturated heterocycles. The molecule has 26 heavy (non-hydrogen) atoms. The third-order valence-electron chi connectivity index (χ3n) is 3.70. The standard InChI is InChI=1S/C17H11F3N2O4/c18-17(19,20)16-22-10-6-5-9(7-13(10)26-16)21-15(23)14-8-24-11-3-1-2-4-12(11)25-14/h1-7,14H,8H2,(H,21,23). The second-order valence-corrected chi connectivity index (χ2v) is 5.55. The molecule has 134 valence electrons. The number of alkyl halides is 3. The molecule has 1 unspecified atom stereocenters. The molecular formula is C17H11F3N2O4. The number of fused-ring (bicyclic) bond motifs is 2. The number of aromatic nitrogens is 1. The van der Waals surface area contributed by atoms with Crippen molar-refractivity contribution in [3.05, 3.63) is 48.4 Å². The summed E-state index contributed by atoms with van der Waals surface area (Å²) in [6.45, 7) is 0.0195. The van der Waals surface area contributed by atoms with Crippen molar-refractivity contribution in [1.29, 1.82) is 0 Å². The van der Waals surface area contributed by atoms with Gasteiger partial charge in [0, 0.05) is 11.8 Å². The number of anilines is 1. The van der Waals surface area contributed by atoms with Crippen molar-refractivity contribution >= 4 is 22.7 Å². The third kappa shape index (κ3) is 3.03. The van der Waals surface area contributed by atoms with Gasteiger partial charge in [-0.2, -0.15) is 13.2 Å². The number of carbonyl (C=O) groups is 1. The Morgan fingerprint density at radius 3 is 2.69 bits per heavy atom. The summed E-state index contributed by atoms with van der Waals surface area (Å²) in [5.41, 5.74) is 0.220. The van der Waals surface area contributed by atoms with E-state index in [-0.39, 0.29) is 23.4 Å². The van der Waals surface area contributed by atoms with Crippen molar-refractivity contribution in [2.24, 2.45) is 0 Å². The molecule has 4 rings (SSSR count). The van der Waals surface area contributed by atoms with Crippen molar-refractivity contribution in [3.63, 3.8) is 0 Å². The van der Waals surface area contributed by atoms with Crippen LogP contribution in [0.4, 0.5) is 18.9 Å². The fourth-order valence-corrected chi connectivity index (χ4v) is 2.50. The summed E-state index contributed by atoms with van der Waals surface area (Å²) in [5, 5.41) is 2.57. The Morgan fingerprint density at radius 2 is 1.92 bits per heavy atom. The number of hydrogen-bond donors (Lipinski definition) is 1. The van der Waals surface area contributed by atoms with Crippen LogP contribution >= 0.6 is 0 Å². The van der Waals surface area contributed by atoms with Crippen LogP contribution in [0, 0.1) is 0 Å². The highest BCUT2D eigenvalue weighted by atomic mass is 19.4. The van der Waals surface area contributed by atoms with E-state index >= 15 is 0 Å². The first-order chi connectivity index (χ1) is 12.4. The SMILES string of the molecule is O=C(Nc1ccc2nc(C(F)(F)F)oc2c1)C1COc2ccccc2O1. The lowest BCUT2D eigenvalue weighted by atomic mass is 10.2. The molecule has 2 aromatic carbocycles. The van der Waals surface area contributed by atoms with Gasteiger partial charge in [-0.3, -0.25) is 4.79 Å². The first kappa shape index (κ1) is 16.2. The first-order valence-electron chi connectivity index (χ1n) is 7.57. The maximum atomic E-state index is 12.6. The number of para-hydroxylation sites is 2. The monoisotopic (exact) mass is 364 g/mol. The second kappa shape index (κ2) is 5.94. The minimum absolute atomic E-state index is 0.0195. The van der Waals surface area contributed by atoms with Gasteiger partial charge in [-0.1, -0.05) is 12.1 Å². The lowest BCUT2D eigenvalue weighted by Crippen LogP contribution is -2.40. The zero-order chi connectivity index (χ0) is 18.3. The maximum absolute atomic E-state index is 12.6. The zero-order valence-corrected chi connectivity index (χ0v) is 13.0. The van der Waals surface area contributed by atoms with Crippen molar-refractivity contribution < 1.29 is 31.9 Å². The summed E-state index contributed by atoms with van der Waals surface area (Å²) in [6, 6.07) is 11.0. The molecule has 2 heterocycles. The number of amides is 1. The van der Waals surface area contributed by atoms with E-state index in [1.807, 2.05) is 0 Å². The molecule has 0 fully saturated rings.